The van der Waals surface area contributed by atoms with Crippen LogP contribution in [0, 0.1) is 5.92 Å². The molecule has 1 N–H and O–H groups in total. The monoisotopic (exact) mass is 222 g/mol. The number of imidazole rings is 1. The van der Waals surface area contributed by atoms with Gasteiger partial charge in [-0.1, -0.05) is 13.8 Å². The molecule has 0 aliphatic rings. The third-order valence-electron chi connectivity index (χ3n) is 2.43. The van der Waals surface area contributed by atoms with Crippen LogP contribution in [-0.2, 0) is 13.5 Å². The van der Waals surface area contributed by atoms with E-state index in [1.54, 1.807) is 0 Å². The van der Waals surface area contributed by atoms with E-state index in [0.717, 1.165) is 12.2 Å². The fraction of sp³-hybridized carbons (Fsp3) is 0.500. The van der Waals surface area contributed by atoms with Crippen molar-refractivity contribution in [1.82, 2.24) is 19.2 Å². The minimum atomic E-state index is -1.01. The van der Waals surface area contributed by atoms with Crippen molar-refractivity contribution < 1.29 is 9.90 Å². The first-order chi connectivity index (χ1) is 7.50. The molecular weight excluding hydrogens is 208 g/mol. The van der Waals surface area contributed by atoms with E-state index in [9.17, 15) is 4.79 Å². The largest absolute Gasteiger partial charge is 0.476 e. The zero-order valence-electron chi connectivity index (χ0n) is 9.51. The van der Waals surface area contributed by atoms with Gasteiger partial charge in [-0.05, 0) is 5.92 Å². The Morgan fingerprint density at radius 2 is 2.25 bits per heavy atom. The zero-order valence-corrected chi connectivity index (χ0v) is 9.51. The molecule has 0 saturated heterocycles. The summed E-state index contributed by atoms with van der Waals surface area (Å²) in [5, 5.41) is 13.2. The summed E-state index contributed by atoms with van der Waals surface area (Å²) in [6.07, 6.45) is 2.13. The molecule has 0 bridgehead atoms. The Hall–Kier alpha value is -1.85. The molecule has 6 nitrogen and oxygen atoms in total. The number of carboxylic acid groups (broad SMARTS) is 1. The van der Waals surface area contributed by atoms with Gasteiger partial charge in [-0.15, -0.1) is 0 Å². The maximum Gasteiger partial charge on any atom is 0.356 e. The summed E-state index contributed by atoms with van der Waals surface area (Å²) in [4.78, 5) is 15.0. The molecule has 0 saturated carbocycles. The highest BCUT2D eigenvalue weighted by Gasteiger charge is 2.17. The van der Waals surface area contributed by atoms with Gasteiger partial charge < -0.3 is 5.11 Å². The summed E-state index contributed by atoms with van der Waals surface area (Å²) < 4.78 is 3.20. The lowest BCUT2D eigenvalue weighted by Crippen LogP contribution is -2.04. The highest BCUT2D eigenvalue weighted by Crippen LogP contribution is 2.11. The number of carbonyl (C=O) groups is 1. The molecule has 2 aromatic heterocycles. The van der Waals surface area contributed by atoms with Crippen molar-refractivity contribution in [3.63, 3.8) is 0 Å². The van der Waals surface area contributed by atoms with Gasteiger partial charge in [-0.3, -0.25) is 4.57 Å². The van der Waals surface area contributed by atoms with Crippen LogP contribution in [0.15, 0.2) is 6.20 Å². The van der Waals surface area contributed by atoms with Crippen molar-refractivity contribution in [3.05, 3.63) is 17.7 Å². The first-order valence-electron chi connectivity index (χ1n) is 5.13. The number of rotatable bonds is 3. The van der Waals surface area contributed by atoms with Crippen LogP contribution in [0.4, 0.5) is 0 Å². The predicted molar refractivity (Wildman–Crippen MR) is 57.5 cm³/mol. The number of fused-ring (bicyclic) bond motifs is 1. The normalized spacial score (nSPS) is 11.5. The van der Waals surface area contributed by atoms with Gasteiger partial charge in [0.1, 0.15) is 5.82 Å². The molecule has 2 heterocycles. The predicted octanol–water partition coefficient (Wildman–Crippen LogP) is 0.964. The fourth-order valence-corrected chi connectivity index (χ4v) is 1.65. The molecule has 6 heteroatoms. The number of nitrogens with zero attached hydrogens (tertiary/aromatic N) is 4. The Balaban J connectivity index is 2.55. The third-order valence-corrected chi connectivity index (χ3v) is 2.43. The van der Waals surface area contributed by atoms with Crippen molar-refractivity contribution in [1.29, 1.82) is 0 Å². The van der Waals surface area contributed by atoms with E-state index in [-0.39, 0.29) is 5.69 Å². The number of aromatic nitrogens is 4. The summed E-state index contributed by atoms with van der Waals surface area (Å²) in [6, 6.07) is 0. The molecule has 2 rings (SSSR count). The molecule has 86 valence electrons. The number of hydrogen-bond acceptors (Lipinski definition) is 3. The lowest BCUT2D eigenvalue weighted by Gasteiger charge is -2.02. The van der Waals surface area contributed by atoms with E-state index >= 15 is 0 Å². The second-order valence-electron chi connectivity index (χ2n) is 4.23. The number of hydrogen-bond donors (Lipinski definition) is 1. The Labute approximate surface area is 92.5 Å². The maximum atomic E-state index is 10.9. The van der Waals surface area contributed by atoms with Crippen LogP contribution in [0.1, 0.15) is 30.2 Å². The molecule has 0 amide bonds. The second kappa shape index (κ2) is 3.62. The minimum absolute atomic E-state index is 0.0978. The van der Waals surface area contributed by atoms with Gasteiger partial charge in [0.15, 0.2) is 5.69 Å². The van der Waals surface area contributed by atoms with Gasteiger partial charge in [-0.2, -0.15) is 9.61 Å². The van der Waals surface area contributed by atoms with Gasteiger partial charge >= 0.3 is 5.97 Å². The van der Waals surface area contributed by atoms with Gasteiger partial charge in [0.05, 0.1) is 6.20 Å². The topological polar surface area (TPSA) is 72.4 Å². The summed E-state index contributed by atoms with van der Waals surface area (Å²) in [7, 11) is 1.85. The molecule has 16 heavy (non-hydrogen) atoms. The van der Waals surface area contributed by atoms with Crippen LogP contribution < -0.4 is 0 Å². The van der Waals surface area contributed by atoms with E-state index in [2.05, 4.69) is 23.9 Å². The lowest BCUT2D eigenvalue weighted by atomic mass is 10.1. The zero-order chi connectivity index (χ0) is 11.9. The Morgan fingerprint density at radius 1 is 1.56 bits per heavy atom. The Bertz CT molecular complexity index is 538. The van der Waals surface area contributed by atoms with Gasteiger partial charge in [0.25, 0.3) is 0 Å². The van der Waals surface area contributed by atoms with Crippen LogP contribution in [0.5, 0.6) is 0 Å². The van der Waals surface area contributed by atoms with E-state index in [4.69, 9.17) is 5.11 Å². The number of carboxylic acids is 1. The van der Waals surface area contributed by atoms with E-state index < -0.39 is 5.97 Å². The second-order valence-corrected chi connectivity index (χ2v) is 4.23. The SMILES string of the molecule is CC(C)Cc1nn2c(C(=O)O)cnc2n1C. The first kappa shape index (κ1) is 10.7. The maximum absolute atomic E-state index is 10.9. The molecular formula is C10H14N4O2. The number of aryl methyl sites for hydroxylation is 1. The minimum Gasteiger partial charge on any atom is -0.476 e. The number of aromatic carboxylic acids is 1. The summed E-state index contributed by atoms with van der Waals surface area (Å²) >= 11 is 0. The van der Waals surface area contributed by atoms with E-state index in [0.29, 0.717) is 11.7 Å². The average Bonchev–Trinajstić information content (AvgIpc) is 2.68. The molecule has 0 spiro atoms. The van der Waals surface area contributed by atoms with Crippen LogP contribution in [0.2, 0.25) is 0 Å². The van der Waals surface area contributed by atoms with Crippen LogP contribution in [0.25, 0.3) is 5.78 Å². The quantitative estimate of drug-likeness (QED) is 0.839. The van der Waals surface area contributed by atoms with Crippen molar-refractivity contribution in [2.45, 2.75) is 20.3 Å². The van der Waals surface area contributed by atoms with Crippen molar-refractivity contribution in [2.75, 3.05) is 0 Å². The van der Waals surface area contributed by atoms with E-state index in [1.807, 2.05) is 11.6 Å². The molecule has 2 aromatic rings. The van der Waals surface area contributed by atoms with E-state index in [1.165, 1.54) is 10.7 Å². The van der Waals surface area contributed by atoms with Crippen LogP contribution in [0.3, 0.4) is 0 Å². The molecule has 0 fully saturated rings. The summed E-state index contributed by atoms with van der Waals surface area (Å²) in [6.45, 7) is 4.19. The smallest absolute Gasteiger partial charge is 0.356 e. The Kier molecular flexibility index (Phi) is 2.41. The molecule has 0 atom stereocenters. The van der Waals surface area contributed by atoms with Gasteiger partial charge in [0, 0.05) is 13.5 Å². The highest BCUT2D eigenvalue weighted by atomic mass is 16.4. The van der Waals surface area contributed by atoms with Crippen molar-refractivity contribution >= 4 is 11.7 Å². The van der Waals surface area contributed by atoms with Crippen molar-refractivity contribution in [3.8, 4) is 0 Å². The molecule has 0 aliphatic heterocycles. The summed E-state index contributed by atoms with van der Waals surface area (Å²) in [5.41, 5.74) is 0.0978. The standard InChI is InChI=1S/C10H14N4O2/c1-6(2)4-8-12-14-7(9(15)16)5-11-10(14)13(8)3/h5-6H,4H2,1-3H3,(H,15,16). The Morgan fingerprint density at radius 3 is 2.81 bits per heavy atom. The molecule has 0 unspecified atom stereocenters. The molecule has 0 aliphatic carbocycles. The van der Waals surface area contributed by atoms with Crippen LogP contribution >= 0.6 is 0 Å². The van der Waals surface area contributed by atoms with Crippen LogP contribution in [-0.4, -0.2) is 30.2 Å². The molecule has 0 aromatic carbocycles. The lowest BCUT2D eigenvalue weighted by molar-refractivity contribution is 0.0688. The van der Waals surface area contributed by atoms with Gasteiger partial charge in [0.2, 0.25) is 5.78 Å². The first-order valence-corrected chi connectivity index (χ1v) is 5.13. The summed E-state index contributed by atoms with van der Waals surface area (Å²) in [5.74, 6) is 0.870. The van der Waals surface area contributed by atoms with Crippen molar-refractivity contribution in [2.24, 2.45) is 13.0 Å². The third kappa shape index (κ3) is 1.56. The fourth-order valence-electron chi connectivity index (χ4n) is 1.65. The molecule has 0 radical (unpaired) electrons. The highest BCUT2D eigenvalue weighted by molar-refractivity contribution is 5.86. The average molecular weight is 222 g/mol. The van der Waals surface area contributed by atoms with Gasteiger partial charge in [-0.25, -0.2) is 9.78 Å².